The molecule has 0 bridgehead atoms. The Labute approximate surface area is 142 Å². The maximum absolute atomic E-state index is 5.65. The Morgan fingerprint density at radius 2 is 1.92 bits per heavy atom. The molecule has 0 aliphatic heterocycles. The van der Waals surface area contributed by atoms with Gasteiger partial charge in [-0.1, -0.05) is 18.2 Å². The third-order valence-electron chi connectivity index (χ3n) is 6.01. The van der Waals surface area contributed by atoms with E-state index in [2.05, 4.69) is 30.4 Å². The molecule has 0 aromatic heterocycles. The first-order valence-corrected chi connectivity index (χ1v) is 8.92. The van der Waals surface area contributed by atoms with Crippen molar-refractivity contribution in [3.63, 3.8) is 0 Å². The van der Waals surface area contributed by atoms with Gasteiger partial charge in [0.2, 0.25) is 0 Å². The summed E-state index contributed by atoms with van der Waals surface area (Å²) in [7, 11) is 3.57. The molecule has 122 valence electrons. The van der Waals surface area contributed by atoms with Crippen molar-refractivity contribution in [2.75, 3.05) is 14.2 Å². The van der Waals surface area contributed by atoms with Crippen LogP contribution in [-0.2, 0) is 11.2 Å². The summed E-state index contributed by atoms with van der Waals surface area (Å²) >= 11 is 0. The smallest absolute Gasteiger partial charge is 0.122 e. The number of benzene rings is 1. The molecule has 1 unspecified atom stereocenters. The minimum absolute atomic E-state index is 0.513. The monoisotopic (exact) mass is 318 g/mol. The second kappa shape index (κ2) is 5.14. The molecule has 0 saturated carbocycles. The first-order chi connectivity index (χ1) is 11.8. The van der Waals surface area contributed by atoms with E-state index in [4.69, 9.17) is 9.47 Å². The summed E-state index contributed by atoms with van der Waals surface area (Å²) in [5, 5.41) is 2.94. The predicted octanol–water partition coefficient (Wildman–Crippen LogP) is 3.15. The first-order valence-electron chi connectivity index (χ1n) is 8.92. The number of hydrogen-bond donors (Lipinski definition) is 0. The van der Waals surface area contributed by atoms with Crippen LogP contribution in [-0.4, -0.2) is 14.2 Å². The summed E-state index contributed by atoms with van der Waals surface area (Å²) in [5.74, 6) is 2.68. The van der Waals surface area contributed by atoms with Crippen molar-refractivity contribution in [1.82, 2.24) is 0 Å². The number of rotatable bonds is 2. The molecule has 2 nitrogen and oxygen atoms in total. The van der Waals surface area contributed by atoms with Crippen LogP contribution in [0.4, 0.5) is 0 Å². The van der Waals surface area contributed by atoms with Crippen molar-refractivity contribution < 1.29 is 9.47 Å². The highest BCUT2D eigenvalue weighted by Gasteiger charge is 2.34. The second-order valence-electron chi connectivity index (χ2n) is 7.07. The van der Waals surface area contributed by atoms with Crippen molar-refractivity contribution in [2.45, 2.75) is 32.1 Å². The van der Waals surface area contributed by atoms with E-state index in [-0.39, 0.29) is 0 Å². The van der Waals surface area contributed by atoms with E-state index in [1.165, 1.54) is 40.0 Å². The van der Waals surface area contributed by atoms with Crippen LogP contribution in [0.3, 0.4) is 0 Å². The normalized spacial score (nSPS) is 23.6. The van der Waals surface area contributed by atoms with Gasteiger partial charge in [0.15, 0.2) is 0 Å². The Morgan fingerprint density at radius 1 is 1.00 bits per heavy atom. The Hall–Kier alpha value is -2.22. The first kappa shape index (κ1) is 14.2. The molecule has 4 aliphatic rings. The molecule has 1 aromatic rings. The molecular weight excluding hydrogens is 296 g/mol. The van der Waals surface area contributed by atoms with Gasteiger partial charge in [-0.15, -0.1) is 0 Å². The lowest BCUT2D eigenvalue weighted by molar-refractivity contribution is 0.267. The molecule has 0 fully saturated rings. The summed E-state index contributed by atoms with van der Waals surface area (Å²) in [6, 6.07) is 4.46. The Bertz CT molecular complexity index is 956. The lowest BCUT2D eigenvalue weighted by Gasteiger charge is -2.30. The van der Waals surface area contributed by atoms with Gasteiger partial charge in [-0.05, 0) is 70.6 Å². The summed E-state index contributed by atoms with van der Waals surface area (Å²) in [6.45, 7) is 0. The van der Waals surface area contributed by atoms with Crippen LogP contribution in [0.15, 0.2) is 47.3 Å². The Morgan fingerprint density at radius 3 is 2.75 bits per heavy atom. The van der Waals surface area contributed by atoms with Crippen molar-refractivity contribution in [3.8, 4) is 5.75 Å². The van der Waals surface area contributed by atoms with Gasteiger partial charge in [-0.3, -0.25) is 0 Å². The minimum atomic E-state index is 0.513. The summed E-state index contributed by atoms with van der Waals surface area (Å²) in [6.07, 6.45) is 12.6. The highest BCUT2D eigenvalue weighted by molar-refractivity contribution is 5.94. The summed E-state index contributed by atoms with van der Waals surface area (Å²) < 4.78 is 11.1. The van der Waals surface area contributed by atoms with E-state index in [9.17, 15) is 0 Å². The average molecular weight is 318 g/mol. The Balaban J connectivity index is 1.80. The van der Waals surface area contributed by atoms with Crippen LogP contribution in [0.1, 0.15) is 31.2 Å². The lowest BCUT2D eigenvalue weighted by atomic mass is 9.75. The Kier molecular flexibility index (Phi) is 3.03. The molecule has 24 heavy (non-hydrogen) atoms. The second-order valence-corrected chi connectivity index (χ2v) is 7.07. The van der Waals surface area contributed by atoms with E-state index >= 15 is 0 Å². The molecule has 5 rings (SSSR count). The summed E-state index contributed by atoms with van der Waals surface area (Å²) in [5.41, 5.74) is 7.42. The van der Waals surface area contributed by atoms with E-state index in [0.29, 0.717) is 5.92 Å². The molecule has 0 radical (unpaired) electrons. The van der Waals surface area contributed by atoms with Gasteiger partial charge in [0.25, 0.3) is 0 Å². The number of fused-ring (bicyclic) bond motifs is 4. The van der Waals surface area contributed by atoms with E-state index in [1.807, 2.05) is 0 Å². The molecule has 2 heteroatoms. The maximum atomic E-state index is 5.65. The van der Waals surface area contributed by atoms with Gasteiger partial charge in [0, 0.05) is 17.9 Å². The quantitative estimate of drug-likeness (QED) is 0.834. The van der Waals surface area contributed by atoms with Crippen molar-refractivity contribution >= 4 is 11.1 Å². The number of methoxy groups -OCH3 is 2. The van der Waals surface area contributed by atoms with Gasteiger partial charge in [0.05, 0.1) is 20.0 Å². The zero-order valence-corrected chi connectivity index (χ0v) is 14.3. The molecular formula is C22H22O2. The van der Waals surface area contributed by atoms with Crippen LogP contribution < -0.4 is 15.2 Å². The highest BCUT2D eigenvalue weighted by atomic mass is 16.5. The zero-order chi connectivity index (χ0) is 16.3. The van der Waals surface area contributed by atoms with Crippen LogP contribution in [0.2, 0.25) is 0 Å². The molecule has 4 aliphatic carbocycles. The molecule has 1 aromatic carbocycles. The van der Waals surface area contributed by atoms with Gasteiger partial charge < -0.3 is 9.47 Å². The van der Waals surface area contributed by atoms with Gasteiger partial charge in [0.1, 0.15) is 5.75 Å². The van der Waals surface area contributed by atoms with Crippen LogP contribution in [0.5, 0.6) is 5.75 Å². The molecule has 0 N–H and O–H groups in total. The fourth-order valence-corrected chi connectivity index (χ4v) is 4.97. The predicted molar refractivity (Wildman–Crippen MR) is 96.0 cm³/mol. The average Bonchev–Trinajstić information content (AvgIpc) is 2.97. The molecule has 0 spiro atoms. The lowest BCUT2D eigenvalue weighted by Crippen LogP contribution is -2.32. The van der Waals surface area contributed by atoms with Crippen molar-refractivity contribution in [3.05, 3.63) is 63.3 Å². The van der Waals surface area contributed by atoms with Crippen LogP contribution in [0, 0.1) is 5.92 Å². The van der Waals surface area contributed by atoms with E-state index < -0.39 is 0 Å². The standard InChI is InChI=1S/C22H22O2/c1-23-14-7-9-15-13(12-14)6-8-17-16-4-3-5-18-20(24-2)11-10-19(21(15)17)22(16)18/h6,8,10-12,15H,3-5,7,9H2,1-2H3. The summed E-state index contributed by atoms with van der Waals surface area (Å²) in [4.78, 5) is 0. The molecule has 0 heterocycles. The number of hydrogen-bond acceptors (Lipinski definition) is 2. The van der Waals surface area contributed by atoms with Crippen LogP contribution in [0.25, 0.3) is 11.1 Å². The van der Waals surface area contributed by atoms with Crippen molar-refractivity contribution in [1.29, 1.82) is 0 Å². The highest BCUT2D eigenvalue weighted by Crippen LogP contribution is 2.45. The van der Waals surface area contributed by atoms with Gasteiger partial charge in [-0.25, -0.2) is 0 Å². The third kappa shape index (κ3) is 1.77. The number of ether oxygens (including phenoxy) is 2. The zero-order valence-electron chi connectivity index (χ0n) is 14.3. The molecule has 1 atom stereocenters. The fraction of sp³-hybridized carbons (Fsp3) is 0.364. The maximum Gasteiger partial charge on any atom is 0.122 e. The largest absolute Gasteiger partial charge is 0.501 e. The number of allylic oxidation sites excluding steroid dienone is 6. The van der Waals surface area contributed by atoms with Gasteiger partial charge in [-0.2, -0.15) is 0 Å². The van der Waals surface area contributed by atoms with E-state index in [1.54, 1.807) is 25.4 Å². The minimum Gasteiger partial charge on any atom is -0.501 e. The molecule has 0 saturated heterocycles. The van der Waals surface area contributed by atoms with E-state index in [0.717, 1.165) is 30.8 Å². The van der Waals surface area contributed by atoms with Crippen LogP contribution >= 0.6 is 0 Å². The SMILES string of the molecule is COC1=CC2=CC=C3C(=c4ccc(OC)c5c4=C3CCC5)C2CC1. The third-order valence-corrected chi connectivity index (χ3v) is 6.01. The fourth-order valence-electron chi connectivity index (χ4n) is 4.97. The molecule has 0 amide bonds. The topological polar surface area (TPSA) is 18.5 Å². The van der Waals surface area contributed by atoms with Gasteiger partial charge >= 0.3 is 0 Å². The van der Waals surface area contributed by atoms with Crippen molar-refractivity contribution in [2.24, 2.45) is 5.92 Å².